The van der Waals surface area contributed by atoms with Crippen molar-refractivity contribution in [3.05, 3.63) is 69.3 Å². The molecule has 0 saturated carbocycles. The maximum absolute atomic E-state index is 13.5. The lowest BCUT2D eigenvalue weighted by molar-refractivity contribution is 0.0697. The van der Waals surface area contributed by atoms with Crippen LogP contribution in [0.1, 0.15) is 23.7 Å². The monoisotopic (exact) mass is 394 g/mol. The lowest BCUT2D eigenvalue weighted by Crippen LogP contribution is -2.45. The van der Waals surface area contributed by atoms with Gasteiger partial charge in [-0.15, -0.1) is 0 Å². The molecule has 0 fully saturated rings. The van der Waals surface area contributed by atoms with Crippen LogP contribution in [0.25, 0.3) is 0 Å². The SMILES string of the molecule is CC1CC(Nc2ccccn2)=C(N)CN1C(=O)c1ccc(F)c(Cl)c1Cl. The molecule has 2 heterocycles. The normalized spacial score (nSPS) is 17.4. The highest BCUT2D eigenvalue weighted by molar-refractivity contribution is 6.44. The van der Waals surface area contributed by atoms with Gasteiger partial charge in [0.05, 0.1) is 22.2 Å². The Hall–Kier alpha value is -2.31. The number of hydrogen-bond donors (Lipinski definition) is 2. The molecule has 0 radical (unpaired) electrons. The number of hydrogen-bond acceptors (Lipinski definition) is 4. The van der Waals surface area contributed by atoms with Gasteiger partial charge in [-0.1, -0.05) is 29.3 Å². The summed E-state index contributed by atoms with van der Waals surface area (Å²) >= 11 is 11.9. The number of nitrogens with one attached hydrogen (secondary N) is 1. The molecule has 1 amide bonds. The van der Waals surface area contributed by atoms with E-state index in [0.717, 1.165) is 11.8 Å². The second-order valence-electron chi connectivity index (χ2n) is 6.05. The van der Waals surface area contributed by atoms with Crippen LogP contribution < -0.4 is 11.1 Å². The van der Waals surface area contributed by atoms with Crippen molar-refractivity contribution in [2.24, 2.45) is 5.73 Å². The highest BCUT2D eigenvalue weighted by Gasteiger charge is 2.30. The van der Waals surface area contributed by atoms with Crippen molar-refractivity contribution in [3.8, 4) is 0 Å². The minimum atomic E-state index is -0.666. The third kappa shape index (κ3) is 3.61. The van der Waals surface area contributed by atoms with Crippen LogP contribution in [0.15, 0.2) is 47.9 Å². The molecule has 1 atom stereocenters. The average molecular weight is 395 g/mol. The van der Waals surface area contributed by atoms with Crippen LogP contribution >= 0.6 is 23.2 Å². The fraction of sp³-hybridized carbons (Fsp3) is 0.222. The average Bonchev–Trinajstić information content (AvgIpc) is 2.63. The lowest BCUT2D eigenvalue weighted by atomic mass is 10.0. The Morgan fingerprint density at radius 1 is 1.31 bits per heavy atom. The first-order chi connectivity index (χ1) is 12.4. The maximum atomic E-state index is 13.5. The lowest BCUT2D eigenvalue weighted by Gasteiger charge is -2.35. The highest BCUT2D eigenvalue weighted by Crippen LogP contribution is 2.31. The molecule has 1 aliphatic rings. The van der Waals surface area contributed by atoms with Gasteiger partial charge in [0.2, 0.25) is 0 Å². The van der Waals surface area contributed by atoms with Crippen LogP contribution in [0.2, 0.25) is 10.0 Å². The summed E-state index contributed by atoms with van der Waals surface area (Å²) in [6.07, 6.45) is 2.21. The summed E-state index contributed by atoms with van der Waals surface area (Å²) in [5.41, 5.74) is 7.67. The van der Waals surface area contributed by atoms with Crippen molar-refractivity contribution in [1.29, 1.82) is 0 Å². The summed E-state index contributed by atoms with van der Waals surface area (Å²) in [5, 5.41) is 2.84. The Balaban J connectivity index is 1.83. The number of pyridine rings is 1. The molecule has 0 spiro atoms. The molecule has 0 saturated heterocycles. The number of carbonyl (C=O) groups excluding carboxylic acids is 1. The number of anilines is 1. The summed E-state index contributed by atoms with van der Waals surface area (Å²) in [7, 11) is 0. The largest absolute Gasteiger partial charge is 0.399 e. The van der Waals surface area contributed by atoms with E-state index in [0.29, 0.717) is 17.9 Å². The topological polar surface area (TPSA) is 71.2 Å². The highest BCUT2D eigenvalue weighted by atomic mass is 35.5. The number of halogens is 3. The molecular formula is C18H17Cl2FN4O. The molecule has 1 aliphatic heterocycles. The molecular weight excluding hydrogens is 378 g/mol. The number of rotatable bonds is 3. The second kappa shape index (κ2) is 7.51. The molecule has 0 aliphatic carbocycles. The van der Waals surface area contributed by atoms with E-state index in [1.165, 1.54) is 6.07 Å². The van der Waals surface area contributed by atoms with E-state index in [2.05, 4.69) is 10.3 Å². The smallest absolute Gasteiger partial charge is 0.256 e. The van der Waals surface area contributed by atoms with Crippen LogP contribution in [0.5, 0.6) is 0 Å². The number of nitrogens with two attached hydrogens (primary N) is 1. The van der Waals surface area contributed by atoms with E-state index in [4.69, 9.17) is 28.9 Å². The van der Waals surface area contributed by atoms with Gasteiger partial charge >= 0.3 is 0 Å². The minimum absolute atomic E-state index is 0.0937. The first-order valence-electron chi connectivity index (χ1n) is 7.98. The minimum Gasteiger partial charge on any atom is -0.399 e. The molecule has 1 unspecified atom stereocenters. The third-order valence-corrected chi connectivity index (χ3v) is 5.09. The van der Waals surface area contributed by atoms with E-state index in [1.807, 2.05) is 25.1 Å². The van der Waals surface area contributed by atoms with Crippen LogP contribution in [0, 0.1) is 5.82 Å². The zero-order valence-electron chi connectivity index (χ0n) is 14.0. The van der Waals surface area contributed by atoms with Crippen molar-refractivity contribution in [2.75, 3.05) is 11.9 Å². The Labute approximate surface area is 160 Å². The van der Waals surface area contributed by atoms with Gasteiger partial charge in [-0.05, 0) is 31.2 Å². The van der Waals surface area contributed by atoms with Crippen LogP contribution in [0.4, 0.5) is 10.2 Å². The fourth-order valence-corrected chi connectivity index (χ4v) is 3.21. The fourth-order valence-electron chi connectivity index (χ4n) is 2.81. The summed E-state index contributed by atoms with van der Waals surface area (Å²) in [6.45, 7) is 2.13. The molecule has 5 nitrogen and oxygen atoms in total. The maximum Gasteiger partial charge on any atom is 0.256 e. The quantitative estimate of drug-likeness (QED) is 0.770. The number of benzene rings is 1. The van der Waals surface area contributed by atoms with Crippen LogP contribution in [-0.2, 0) is 0 Å². The van der Waals surface area contributed by atoms with Crippen molar-refractivity contribution in [3.63, 3.8) is 0 Å². The van der Waals surface area contributed by atoms with Crippen LogP contribution in [-0.4, -0.2) is 28.4 Å². The molecule has 3 rings (SSSR count). The molecule has 2 aromatic rings. The number of nitrogens with zero attached hydrogens (tertiary/aromatic N) is 2. The van der Waals surface area contributed by atoms with Gasteiger partial charge in [0.1, 0.15) is 11.6 Å². The predicted octanol–water partition coefficient (Wildman–Crippen LogP) is 4.04. The van der Waals surface area contributed by atoms with Crippen molar-refractivity contribution >= 4 is 34.9 Å². The van der Waals surface area contributed by atoms with Crippen molar-refractivity contribution in [1.82, 2.24) is 9.88 Å². The molecule has 8 heteroatoms. The van der Waals surface area contributed by atoms with Crippen LogP contribution in [0.3, 0.4) is 0 Å². The van der Waals surface area contributed by atoms with E-state index in [1.54, 1.807) is 11.1 Å². The molecule has 0 bridgehead atoms. The summed E-state index contributed by atoms with van der Waals surface area (Å²) in [6, 6.07) is 7.85. The van der Waals surface area contributed by atoms with Gasteiger partial charge in [0, 0.05) is 30.1 Å². The first kappa shape index (κ1) is 18.5. The second-order valence-corrected chi connectivity index (χ2v) is 6.81. The van der Waals surface area contributed by atoms with Gasteiger partial charge in [0.25, 0.3) is 5.91 Å². The van der Waals surface area contributed by atoms with Gasteiger partial charge in [0.15, 0.2) is 0 Å². The number of amides is 1. The summed E-state index contributed by atoms with van der Waals surface area (Å²) in [5.74, 6) is -0.323. The number of aromatic nitrogens is 1. The first-order valence-corrected chi connectivity index (χ1v) is 8.74. The van der Waals surface area contributed by atoms with E-state index < -0.39 is 5.82 Å². The van der Waals surface area contributed by atoms with Gasteiger partial charge in [-0.3, -0.25) is 4.79 Å². The summed E-state index contributed by atoms with van der Waals surface area (Å²) < 4.78 is 13.5. The van der Waals surface area contributed by atoms with E-state index in [9.17, 15) is 9.18 Å². The Morgan fingerprint density at radius 3 is 2.77 bits per heavy atom. The predicted molar refractivity (Wildman–Crippen MR) is 101 cm³/mol. The van der Waals surface area contributed by atoms with Gasteiger partial charge in [-0.25, -0.2) is 9.37 Å². The summed E-state index contributed by atoms with van der Waals surface area (Å²) in [4.78, 5) is 18.7. The number of carbonyl (C=O) groups is 1. The molecule has 136 valence electrons. The van der Waals surface area contributed by atoms with Crippen molar-refractivity contribution < 1.29 is 9.18 Å². The molecule has 3 N–H and O–H groups in total. The zero-order valence-corrected chi connectivity index (χ0v) is 15.5. The zero-order chi connectivity index (χ0) is 18.8. The van der Waals surface area contributed by atoms with E-state index in [-0.39, 0.29) is 34.1 Å². The Kier molecular flexibility index (Phi) is 5.34. The Morgan fingerprint density at radius 2 is 2.08 bits per heavy atom. The molecule has 1 aromatic carbocycles. The standard InChI is InChI=1S/C18H17Cl2FN4O/c1-10-8-14(24-15-4-2-3-7-23-15)13(22)9-25(10)18(26)11-5-6-12(21)17(20)16(11)19/h2-7,10H,8-9,22H2,1H3,(H,23,24). The van der Waals surface area contributed by atoms with E-state index >= 15 is 0 Å². The third-order valence-electron chi connectivity index (χ3n) is 4.23. The Bertz CT molecular complexity index is 873. The van der Waals surface area contributed by atoms with Gasteiger partial charge in [-0.2, -0.15) is 0 Å². The van der Waals surface area contributed by atoms with Gasteiger partial charge < -0.3 is 16.0 Å². The molecule has 1 aromatic heterocycles. The molecule has 26 heavy (non-hydrogen) atoms. The van der Waals surface area contributed by atoms with Crippen molar-refractivity contribution in [2.45, 2.75) is 19.4 Å².